The standard InChI is InChI=1S/C13H24N2O5/c1-13(2,3)20-12(18)15(4)9-7-10(16)14-8-6-11(17)19-5/h6-9H2,1-5H3,(H,14,16). The summed E-state index contributed by atoms with van der Waals surface area (Å²) in [6.07, 6.45) is -0.194. The van der Waals surface area contributed by atoms with E-state index < -0.39 is 11.7 Å². The van der Waals surface area contributed by atoms with Crippen molar-refractivity contribution in [3.63, 3.8) is 0 Å². The van der Waals surface area contributed by atoms with Gasteiger partial charge in [0.15, 0.2) is 0 Å². The van der Waals surface area contributed by atoms with Gasteiger partial charge in [0, 0.05) is 26.6 Å². The minimum Gasteiger partial charge on any atom is -0.469 e. The molecule has 0 radical (unpaired) electrons. The van der Waals surface area contributed by atoms with Crippen LogP contribution in [0.3, 0.4) is 0 Å². The molecule has 0 unspecified atom stereocenters. The normalized spacial score (nSPS) is 10.7. The molecule has 0 aromatic carbocycles. The number of hydrogen-bond donors (Lipinski definition) is 1. The summed E-state index contributed by atoms with van der Waals surface area (Å²) in [7, 11) is 2.86. The molecule has 0 heterocycles. The lowest BCUT2D eigenvalue weighted by molar-refractivity contribution is -0.140. The molecule has 7 heteroatoms. The molecule has 0 aliphatic carbocycles. The highest BCUT2D eigenvalue weighted by Gasteiger charge is 2.19. The van der Waals surface area contributed by atoms with Gasteiger partial charge >= 0.3 is 12.1 Å². The third-order valence-corrected chi connectivity index (χ3v) is 2.26. The van der Waals surface area contributed by atoms with Crippen LogP contribution in [0.15, 0.2) is 0 Å². The van der Waals surface area contributed by atoms with Crippen molar-refractivity contribution in [2.45, 2.75) is 39.2 Å². The van der Waals surface area contributed by atoms with Gasteiger partial charge < -0.3 is 19.7 Å². The van der Waals surface area contributed by atoms with Crippen molar-refractivity contribution in [1.29, 1.82) is 0 Å². The fraction of sp³-hybridized carbons (Fsp3) is 0.769. The minimum atomic E-state index is -0.561. The molecule has 20 heavy (non-hydrogen) atoms. The number of carbonyl (C=O) groups is 3. The average Bonchev–Trinajstić information content (AvgIpc) is 2.33. The molecule has 0 bridgehead atoms. The van der Waals surface area contributed by atoms with E-state index in [0.29, 0.717) is 0 Å². The Morgan fingerprint density at radius 2 is 1.75 bits per heavy atom. The highest BCUT2D eigenvalue weighted by molar-refractivity contribution is 5.78. The van der Waals surface area contributed by atoms with Gasteiger partial charge in [-0.1, -0.05) is 0 Å². The summed E-state index contributed by atoms with van der Waals surface area (Å²) in [6.45, 7) is 5.80. The zero-order valence-corrected chi connectivity index (χ0v) is 12.8. The van der Waals surface area contributed by atoms with Crippen LogP contribution in [0.2, 0.25) is 0 Å². The van der Waals surface area contributed by atoms with E-state index in [1.54, 1.807) is 27.8 Å². The number of carbonyl (C=O) groups excluding carboxylic acids is 3. The molecule has 2 amide bonds. The van der Waals surface area contributed by atoms with Gasteiger partial charge in [-0.15, -0.1) is 0 Å². The first-order valence-corrected chi connectivity index (χ1v) is 6.43. The van der Waals surface area contributed by atoms with Gasteiger partial charge in [0.25, 0.3) is 0 Å². The molecule has 0 atom stereocenters. The fourth-order valence-electron chi connectivity index (χ4n) is 1.19. The molecule has 7 nitrogen and oxygen atoms in total. The van der Waals surface area contributed by atoms with E-state index in [1.165, 1.54) is 12.0 Å². The van der Waals surface area contributed by atoms with E-state index in [-0.39, 0.29) is 37.8 Å². The number of ether oxygens (including phenoxy) is 2. The maximum Gasteiger partial charge on any atom is 0.410 e. The van der Waals surface area contributed by atoms with E-state index in [0.717, 1.165) is 0 Å². The van der Waals surface area contributed by atoms with Crippen LogP contribution >= 0.6 is 0 Å². The first kappa shape index (κ1) is 18.2. The Hall–Kier alpha value is -1.79. The Morgan fingerprint density at radius 3 is 2.25 bits per heavy atom. The summed E-state index contributed by atoms with van der Waals surface area (Å²) >= 11 is 0. The number of nitrogens with zero attached hydrogens (tertiary/aromatic N) is 1. The van der Waals surface area contributed by atoms with Crippen LogP contribution in [0.4, 0.5) is 4.79 Å². The molecule has 0 aromatic heterocycles. The molecule has 0 fully saturated rings. The van der Waals surface area contributed by atoms with Crippen molar-refractivity contribution in [2.75, 3.05) is 27.2 Å². The third kappa shape index (κ3) is 9.18. The van der Waals surface area contributed by atoms with Crippen molar-refractivity contribution < 1.29 is 23.9 Å². The van der Waals surface area contributed by atoms with E-state index in [1.807, 2.05) is 0 Å². The fourth-order valence-corrected chi connectivity index (χ4v) is 1.19. The summed E-state index contributed by atoms with van der Waals surface area (Å²) in [6, 6.07) is 0. The number of nitrogens with one attached hydrogen (secondary N) is 1. The van der Waals surface area contributed by atoms with E-state index in [9.17, 15) is 14.4 Å². The maximum atomic E-state index is 11.6. The number of hydrogen-bond acceptors (Lipinski definition) is 5. The lowest BCUT2D eigenvalue weighted by Crippen LogP contribution is -2.37. The van der Waals surface area contributed by atoms with Crippen LogP contribution in [0, 0.1) is 0 Å². The molecule has 1 N–H and O–H groups in total. The Labute approximate surface area is 119 Å². The zero-order valence-electron chi connectivity index (χ0n) is 12.8. The van der Waals surface area contributed by atoms with Crippen LogP contribution in [-0.2, 0) is 19.1 Å². The largest absolute Gasteiger partial charge is 0.469 e. The Balaban J connectivity index is 3.89. The monoisotopic (exact) mass is 288 g/mol. The topological polar surface area (TPSA) is 84.9 Å². The Morgan fingerprint density at radius 1 is 1.15 bits per heavy atom. The van der Waals surface area contributed by atoms with Crippen LogP contribution < -0.4 is 5.32 Å². The van der Waals surface area contributed by atoms with Gasteiger partial charge in [-0.2, -0.15) is 0 Å². The molecule has 0 saturated carbocycles. The smallest absolute Gasteiger partial charge is 0.410 e. The van der Waals surface area contributed by atoms with Gasteiger partial charge in [-0.3, -0.25) is 9.59 Å². The molecule has 0 aromatic rings. The van der Waals surface area contributed by atoms with Gasteiger partial charge in [-0.25, -0.2) is 4.79 Å². The second-order valence-electron chi connectivity index (χ2n) is 5.33. The van der Waals surface area contributed by atoms with Crippen molar-refractivity contribution in [1.82, 2.24) is 10.2 Å². The summed E-state index contributed by atoms with van der Waals surface area (Å²) in [5.41, 5.74) is -0.561. The quantitative estimate of drug-likeness (QED) is 0.735. The summed E-state index contributed by atoms with van der Waals surface area (Å²) in [5.74, 6) is -0.611. The molecule has 0 saturated heterocycles. The first-order valence-electron chi connectivity index (χ1n) is 6.43. The number of rotatable bonds is 6. The van der Waals surface area contributed by atoms with Crippen LogP contribution in [-0.4, -0.2) is 55.7 Å². The summed E-state index contributed by atoms with van der Waals surface area (Å²) < 4.78 is 9.60. The molecule has 0 aliphatic rings. The average molecular weight is 288 g/mol. The number of amides is 2. The Kier molecular flexibility index (Phi) is 7.64. The van der Waals surface area contributed by atoms with Crippen molar-refractivity contribution in [2.24, 2.45) is 0 Å². The second kappa shape index (κ2) is 8.39. The molecular formula is C13H24N2O5. The molecule has 116 valence electrons. The molecule has 0 rings (SSSR count). The Bertz CT molecular complexity index is 349. The predicted molar refractivity (Wildman–Crippen MR) is 73.1 cm³/mol. The van der Waals surface area contributed by atoms with Gasteiger partial charge in [0.1, 0.15) is 5.60 Å². The number of esters is 1. The maximum absolute atomic E-state index is 11.6. The van der Waals surface area contributed by atoms with Crippen LogP contribution in [0.1, 0.15) is 33.6 Å². The van der Waals surface area contributed by atoms with E-state index in [2.05, 4.69) is 10.1 Å². The van der Waals surface area contributed by atoms with Gasteiger partial charge in [-0.05, 0) is 20.8 Å². The lowest BCUT2D eigenvalue weighted by Gasteiger charge is -2.24. The van der Waals surface area contributed by atoms with Crippen molar-refractivity contribution >= 4 is 18.0 Å². The van der Waals surface area contributed by atoms with E-state index in [4.69, 9.17) is 4.74 Å². The van der Waals surface area contributed by atoms with Crippen LogP contribution in [0.25, 0.3) is 0 Å². The zero-order chi connectivity index (χ0) is 15.8. The highest BCUT2D eigenvalue weighted by Crippen LogP contribution is 2.09. The van der Waals surface area contributed by atoms with Gasteiger partial charge in [0.05, 0.1) is 13.5 Å². The molecular weight excluding hydrogens is 264 g/mol. The predicted octanol–water partition coefficient (Wildman–Crippen LogP) is 0.923. The van der Waals surface area contributed by atoms with Gasteiger partial charge in [0.2, 0.25) is 5.91 Å². The first-order chi connectivity index (χ1) is 9.15. The number of methoxy groups -OCH3 is 1. The van der Waals surface area contributed by atoms with Crippen LogP contribution in [0.5, 0.6) is 0 Å². The highest BCUT2D eigenvalue weighted by atomic mass is 16.6. The molecule has 0 aliphatic heterocycles. The third-order valence-electron chi connectivity index (χ3n) is 2.26. The molecule has 0 spiro atoms. The second-order valence-corrected chi connectivity index (χ2v) is 5.33. The summed E-state index contributed by atoms with van der Waals surface area (Å²) in [5, 5.41) is 2.57. The SMILES string of the molecule is COC(=O)CCNC(=O)CCN(C)C(=O)OC(C)(C)C. The van der Waals surface area contributed by atoms with Crippen molar-refractivity contribution in [3.05, 3.63) is 0 Å². The van der Waals surface area contributed by atoms with E-state index >= 15 is 0 Å². The van der Waals surface area contributed by atoms with Crippen molar-refractivity contribution in [3.8, 4) is 0 Å². The lowest BCUT2D eigenvalue weighted by atomic mass is 10.2. The minimum absolute atomic E-state index is 0.129. The summed E-state index contributed by atoms with van der Waals surface area (Å²) in [4.78, 5) is 35.3.